The number of rotatable bonds is 7. The van der Waals surface area contributed by atoms with E-state index in [2.05, 4.69) is 5.32 Å². The summed E-state index contributed by atoms with van der Waals surface area (Å²) in [5, 5.41) is 13.6. The number of nitrogens with one attached hydrogen (secondary N) is 2. The fourth-order valence-electron chi connectivity index (χ4n) is 2.19. The highest BCUT2D eigenvalue weighted by Gasteiger charge is 2.22. The van der Waals surface area contributed by atoms with Crippen molar-refractivity contribution in [3.8, 4) is 0 Å². The van der Waals surface area contributed by atoms with Crippen LogP contribution in [0.15, 0.2) is 24.3 Å². The third kappa shape index (κ3) is 4.31. The molecule has 0 saturated heterocycles. The zero-order chi connectivity index (χ0) is 15.1. The summed E-state index contributed by atoms with van der Waals surface area (Å²) in [4.78, 5) is 23.2. The van der Waals surface area contributed by atoms with E-state index in [1.54, 1.807) is 12.1 Å². The summed E-state index contributed by atoms with van der Waals surface area (Å²) in [5.41, 5.74) is 0.961. The largest absolute Gasteiger partial charge is 0.351 e. The molecule has 0 heterocycles. The van der Waals surface area contributed by atoms with Gasteiger partial charge in [0.1, 0.15) is 6.04 Å². The van der Waals surface area contributed by atoms with E-state index in [4.69, 9.17) is 0 Å². The van der Waals surface area contributed by atoms with Crippen LogP contribution < -0.4 is 10.2 Å². The van der Waals surface area contributed by atoms with Gasteiger partial charge in [0.2, 0.25) is 0 Å². The Morgan fingerprint density at radius 3 is 2.70 bits per heavy atom. The molecule has 2 atom stereocenters. The molecule has 1 aromatic carbocycles. The third-order valence-corrected chi connectivity index (χ3v) is 3.41. The van der Waals surface area contributed by atoms with Crippen LogP contribution in [0.5, 0.6) is 0 Å². The summed E-state index contributed by atoms with van der Waals surface area (Å²) >= 11 is 0. The Morgan fingerprint density at radius 2 is 2.15 bits per heavy atom. The van der Waals surface area contributed by atoms with Crippen molar-refractivity contribution in [1.82, 2.24) is 5.32 Å². The van der Waals surface area contributed by atoms with E-state index in [9.17, 15) is 14.9 Å². The lowest BCUT2D eigenvalue weighted by Crippen LogP contribution is -3.12. The smallest absolute Gasteiger partial charge is 0.275 e. The lowest BCUT2D eigenvalue weighted by Gasteiger charge is -2.24. The van der Waals surface area contributed by atoms with Crippen molar-refractivity contribution >= 4 is 11.6 Å². The van der Waals surface area contributed by atoms with Crippen LogP contribution in [-0.4, -0.2) is 30.5 Å². The number of benzene rings is 1. The number of amides is 1. The topological polar surface area (TPSA) is 76.7 Å². The minimum Gasteiger partial charge on any atom is -0.351 e. The van der Waals surface area contributed by atoms with Gasteiger partial charge in [-0.3, -0.25) is 14.9 Å². The van der Waals surface area contributed by atoms with E-state index < -0.39 is 4.92 Å². The molecule has 20 heavy (non-hydrogen) atoms. The number of hydrogen-bond donors (Lipinski definition) is 2. The third-order valence-electron chi connectivity index (χ3n) is 3.41. The van der Waals surface area contributed by atoms with E-state index >= 15 is 0 Å². The Kier molecular flexibility index (Phi) is 6.11. The van der Waals surface area contributed by atoms with Crippen molar-refractivity contribution in [3.05, 3.63) is 39.9 Å². The predicted octanol–water partition coefficient (Wildman–Crippen LogP) is 0.697. The van der Waals surface area contributed by atoms with Gasteiger partial charge in [-0.2, -0.15) is 0 Å². The van der Waals surface area contributed by atoms with Gasteiger partial charge in [0.05, 0.1) is 11.5 Å². The molecule has 0 aliphatic heterocycles. The fourth-order valence-corrected chi connectivity index (χ4v) is 2.19. The standard InChI is InChI=1S/C14H21N3O3/c1-4-15-14(18)10-16(5-2)11(3)12-7-6-8-13(9-12)17(19)20/h6-9,11H,4-5,10H2,1-3H3,(H,15,18)/p+1/t11-/m1/s1. The van der Waals surface area contributed by atoms with Gasteiger partial charge in [0.15, 0.2) is 6.54 Å². The molecule has 0 fully saturated rings. The fraction of sp³-hybridized carbons (Fsp3) is 0.500. The highest BCUT2D eigenvalue weighted by Crippen LogP contribution is 2.17. The van der Waals surface area contributed by atoms with Crippen LogP contribution in [-0.2, 0) is 4.79 Å². The van der Waals surface area contributed by atoms with Crippen LogP contribution in [0.2, 0.25) is 0 Å². The average molecular weight is 280 g/mol. The number of carbonyl (C=O) groups excluding carboxylic acids is 1. The number of nitrogens with zero attached hydrogens (tertiary/aromatic N) is 1. The SMILES string of the molecule is CCNC(=O)C[NH+](CC)[C@H](C)c1cccc([N+](=O)[O-])c1. The number of quaternary nitrogens is 1. The van der Waals surface area contributed by atoms with Gasteiger partial charge in [-0.1, -0.05) is 12.1 Å². The maximum Gasteiger partial charge on any atom is 0.275 e. The first kappa shape index (κ1) is 16.1. The van der Waals surface area contributed by atoms with E-state index in [0.717, 1.165) is 17.0 Å². The molecule has 0 saturated carbocycles. The molecule has 110 valence electrons. The lowest BCUT2D eigenvalue weighted by atomic mass is 10.1. The average Bonchev–Trinajstić information content (AvgIpc) is 2.44. The van der Waals surface area contributed by atoms with Crippen molar-refractivity contribution in [1.29, 1.82) is 0 Å². The van der Waals surface area contributed by atoms with Crippen LogP contribution in [0.25, 0.3) is 0 Å². The van der Waals surface area contributed by atoms with Gasteiger partial charge < -0.3 is 10.2 Å². The molecule has 0 aromatic heterocycles. The number of carbonyl (C=O) groups is 1. The first-order valence-electron chi connectivity index (χ1n) is 6.85. The van der Waals surface area contributed by atoms with Crippen LogP contribution in [0.4, 0.5) is 5.69 Å². The van der Waals surface area contributed by atoms with Crippen LogP contribution >= 0.6 is 0 Å². The van der Waals surface area contributed by atoms with E-state index in [1.165, 1.54) is 6.07 Å². The Balaban J connectivity index is 2.85. The van der Waals surface area contributed by atoms with Crippen LogP contribution in [0.3, 0.4) is 0 Å². The summed E-state index contributed by atoms with van der Waals surface area (Å²) in [7, 11) is 0. The lowest BCUT2D eigenvalue weighted by molar-refractivity contribution is -0.920. The maximum absolute atomic E-state index is 11.7. The summed E-state index contributed by atoms with van der Waals surface area (Å²) in [6.07, 6.45) is 0. The maximum atomic E-state index is 11.7. The van der Waals surface area contributed by atoms with Crippen molar-refractivity contribution in [2.75, 3.05) is 19.6 Å². The normalized spacial score (nSPS) is 13.6. The van der Waals surface area contributed by atoms with Gasteiger partial charge >= 0.3 is 0 Å². The minimum absolute atomic E-state index is 0.00151. The molecule has 0 spiro atoms. The molecular formula is C14H22N3O3+. The Morgan fingerprint density at radius 1 is 1.45 bits per heavy atom. The first-order valence-corrected chi connectivity index (χ1v) is 6.85. The Bertz CT molecular complexity index is 476. The van der Waals surface area contributed by atoms with Crippen molar-refractivity contribution in [3.63, 3.8) is 0 Å². The number of likely N-dealkylation sites (N-methyl/N-ethyl adjacent to an activating group) is 2. The Hall–Kier alpha value is -1.95. The molecule has 1 aromatic rings. The molecule has 1 rings (SSSR count). The molecule has 1 amide bonds. The quantitative estimate of drug-likeness (QED) is 0.570. The molecule has 1 unspecified atom stereocenters. The highest BCUT2D eigenvalue weighted by atomic mass is 16.6. The summed E-state index contributed by atoms with van der Waals surface area (Å²) in [6, 6.07) is 6.64. The second-order valence-electron chi connectivity index (χ2n) is 4.72. The number of non-ortho nitro benzene ring substituents is 1. The van der Waals surface area contributed by atoms with Crippen molar-refractivity contribution < 1.29 is 14.6 Å². The van der Waals surface area contributed by atoms with Gasteiger partial charge in [-0.05, 0) is 20.8 Å². The zero-order valence-electron chi connectivity index (χ0n) is 12.2. The van der Waals surface area contributed by atoms with E-state index in [0.29, 0.717) is 13.1 Å². The minimum atomic E-state index is -0.397. The molecule has 0 aliphatic carbocycles. The molecule has 0 bridgehead atoms. The summed E-state index contributed by atoms with van der Waals surface area (Å²) in [6.45, 7) is 7.63. The van der Waals surface area contributed by atoms with Gasteiger partial charge in [0.25, 0.3) is 11.6 Å². The number of hydrogen-bond acceptors (Lipinski definition) is 3. The molecule has 0 radical (unpaired) electrons. The van der Waals surface area contributed by atoms with E-state index in [1.807, 2.05) is 26.8 Å². The predicted molar refractivity (Wildman–Crippen MR) is 76.6 cm³/mol. The monoisotopic (exact) mass is 280 g/mol. The summed E-state index contributed by atoms with van der Waals surface area (Å²) in [5.74, 6) is 0.00151. The number of nitro groups is 1. The second kappa shape index (κ2) is 7.59. The zero-order valence-corrected chi connectivity index (χ0v) is 12.2. The van der Waals surface area contributed by atoms with Gasteiger partial charge in [-0.25, -0.2) is 0 Å². The molecular weight excluding hydrogens is 258 g/mol. The number of nitro benzene ring substituents is 1. The van der Waals surface area contributed by atoms with Gasteiger partial charge in [0, 0.05) is 24.2 Å². The van der Waals surface area contributed by atoms with Crippen molar-refractivity contribution in [2.45, 2.75) is 26.8 Å². The Labute approximate surface area is 118 Å². The summed E-state index contributed by atoms with van der Waals surface area (Å²) < 4.78 is 0. The first-order chi connectivity index (χ1) is 9.49. The van der Waals surface area contributed by atoms with Gasteiger partial charge in [-0.15, -0.1) is 0 Å². The highest BCUT2D eigenvalue weighted by molar-refractivity contribution is 5.76. The molecule has 2 N–H and O–H groups in total. The second-order valence-corrected chi connectivity index (χ2v) is 4.72. The molecule has 6 heteroatoms. The van der Waals surface area contributed by atoms with Crippen LogP contribution in [0.1, 0.15) is 32.4 Å². The molecule has 6 nitrogen and oxygen atoms in total. The van der Waals surface area contributed by atoms with Crippen molar-refractivity contribution in [2.24, 2.45) is 0 Å². The van der Waals surface area contributed by atoms with E-state index in [-0.39, 0.29) is 17.6 Å². The molecule has 0 aliphatic rings. The van der Waals surface area contributed by atoms with Crippen LogP contribution in [0, 0.1) is 10.1 Å².